The topological polar surface area (TPSA) is 105 Å². The SMILES string of the molecule is CC[C@H](C)NC(=O)[C@@H](C)N(CCc1ccccc1)C(=O)CN(c1ccc2c(c1)OCO2)S(C)(=O)=O. The highest BCUT2D eigenvalue weighted by Crippen LogP contribution is 2.36. The first-order valence-corrected chi connectivity index (χ1v) is 13.5. The van der Waals surface area contributed by atoms with Gasteiger partial charge in [-0.3, -0.25) is 13.9 Å². The first kappa shape index (κ1) is 26.3. The van der Waals surface area contributed by atoms with E-state index in [1.54, 1.807) is 19.1 Å². The molecule has 0 bridgehead atoms. The molecule has 1 N–H and O–H groups in total. The summed E-state index contributed by atoms with van der Waals surface area (Å²) in [6.45, 7) is 5.37. The number of carbonyl (C=O) groups is 2. The van der Waals surface area contributed by atoms with E-state index in [1.807, 2.05) is 44.2 Å². The van der Waals surface area contributed by atoms with Crippen molar-refractivity contribution in [2.75, 3.05) is 30.4 Å². The molecule has 2 atom stereocenters. The lowest BCUT2D eigenvalue weighted by Gasteiger charge is -2.32. The number of nitrogens with zero attached hydrogens (tertiary/aromatic N) is 2. The number of anilines is 1. The Morgan fingerprint density at radius 1 is 1.06 bits per heavy atom. The average Bonchev–Trinajstić information content (AvgIpc) is 3.30. The van der Waals surface area contributed by atoms with Crippen molar-refractivity contribution in [2.24, 2.45) is 0 Å². The highest BCUT2D eigenvalue weighted by molar-refractivity contribution is 7.92. The number of hydrogen-bond acceptors (Lipinski definition) is 6. The van der Waals surface area contributed by atoms with Crippen LogP contribution < -0.4 is 19.1 Å². The Morgan fingerprint density at radius 2 is 1.74 bits per heavy atom. The summed E-state index contributed by atoms with van der Waals surface area (Å²) in [5.41, 5.74) is 1.29. The fourth-order valence-corrected chi connectivity index (χ4v) is 4.53. The third-order valence-corrected chi connectivity index (χ3v) is 7.12. The van der Waals surface area contributed by atoms with E-state index in [4.69, 9.17) is 9.47 Å². The van der Waals surface area contributed by atoms with Crippen LogP contribution in [0.15, 0.2) is 48.5 Å². The van der Waals surface area contributed by atoms with Crippen molar-refractivity contribution >= 4 is 27.5 Å². The van der Waals surface area contributed by atoms with Gasteiger partial charge in [-0.05, 0) is 44.4 Å². The second kappa shape index (κ2) is 11.4. The van der Waals surface area contributed by atoms with E-state index in [1.165, 1.54) is 11.0 Å². The molecule has 2 aromatic carbocycles. The maximum atomic E-state index is 13.5. The quantitative estimate of drug-likeness (QED) is 0.505. The number of rotatable bonds is 11. The molecule has 0 spiro atoms. The molecule has 0 aromatic heterocycles. The smallest absolute Gasteiger partial charge is 0.244 e. The number of amides is 2. The van der Waals surface area contributed by atoms with Crippen LogP contribution in [-0.2, 0) is 26.0 Å². The summed E-state index contributed by atoms with van der Waals surface area (Å²) in [6, 6.07) is 13.5. The van der Waals surface area contributed by atoms with Crippen LogP contribution in [0.5, 0.6) is 11.5 Å². The van der Waals surface area contributed by atoms with Crippen molar-refractivity contribution in [2.45, 2.75) is 45.7 Å². The maximum absolute atomic E-state index is 13.5. The summed E-state index contributed by atoms with van der Waals surface area (Å²) >= 11 is 0. The second-order valence-electron chi connectivity index (χ2n) is 8.62. The highest BCUT2D eigenvalue weighted by atomic mass is 32.2. The number of carbonyl (C=O) groups excluding carboxylic acids is 2. The molecule has 0 radical (unpaired) electrons. The van der Waals surface area contributed by atoms with Gasteiger partial charge in [0.15, 0.2) is 11.5 Å². The van der Waals surface area contributed by atoms with Crippen LogP contribution in [0.3, 0.4) is 0 Å². The van der Waals surface area contributed by atoms with Crippen LogP contribution in [0.4, 0.5) is 5.69 Å². The minimum Gasteiger partial charge on any atom is -0.454 e. The summed E-state index contributed by atoms with van der Waals surface area (Å²) < 4.78 is 37.0. The van der Waals surface area contributed by atoms with Crippen molar-refractivity contribution in [1.82, 2.24) is 10.2 Å². The van der Waals surface area contributed by atoms with Crippen molar-refractivity contribution in [1.29, 1.82) is 0 Å². The van der Waals surface area contributed by atoms with E-state index >= 15 is 0 Å². The van der Waals surface area contributed by atoms with Crippen molar-refractivity contribution in [3.63, 3.8) is 0 Å². The van der Waals surface area contributed by atoms with Crippen LogP contribution in [0, 0.1) is 0 Å². The van der Waals surface area contributed by atoms with Gasteiger partial charge in [0.1, 0.15) is 12.6 Å². The lowest BCUT2D eigenvalue weighted by molar-refractivity contribution is -0.139. The van der Waals surface area contributed by atoms with Crippen LogP contribution in [0.1, 0.15) is 32.8 Å². The molecule has 0 aliphatic carbocycles. The summed E-state index contributed by atoms with van der Waals surface area (Å²) in [7, 11) is -3.81. The van der Waals surface area contributed by atoms with Gasteiger partial charge in [0, 0.05) is 18.7 Å². The second-order valence-corrected chi connectivity index (χ2v) is 10.5. The lowest BCUT2D eigenvalue weighted by Crippen LogP contribution is -2.53. The molecule has 1 heterocycles. The van der Waals surface area contributed by atoms with E-state index < -0.39 is 28.5 Å². The Kier molecular flexibility index (Phi) is 8.61. The molecule has 2 amide bonds. The van der Waals surface area contributed by atoms with Gasteiger partial charge < -0.3 is 19.7 Å². The van der Waals surface area contributed by atoms with Crippen molar-refractivity contribution in [3.8, 4) is 11.5 Å². The lowest BCUT2D eigenvalue weighted by atomic mass is 10.1. The summed E-state index contributed by atoms with van der Waals surface area (Å²) in [4.78, 5) is 27.8. The fraction of sp³-hybridized carbons (Fsp3) is 0.440. The monoisotopic (exact) mass is 503 g/mol. The normalized spacial score (nSPS) is 14.2. The van der Waals surface area contributed by atoms with Crippen LogP contribution in [0.2, 0.25) is 0 Å². The molecule has 0 unspecified atom stereocenters. The van der Waals surface area contributed by atoms with Gasteiger partial charge in [0.25, 0.3) is 0 Å². The summed E-state index contributed by atoms with van der Waals surface area (Å²) in [5.74, 6) is 0.157. The standard InChI is InChI=1S/C25H33N3O6S/c1-5-18(2)26-25(30)19(3)27(14-13-20-9-7-6-8-10-20)24(29)16-28(35(4,31)32)21-11-12-22-23(15-21)34-17-33-22/h6-12,15,18-19H,5,13-14,16-17H2,1-4H3,(H,26,30)/t18-,19+/m0/s1. The van der Waals surface area contributed by atoms with Gasteiger partial charge >= 0.3 is 0 Å². The molecule has 2 aromatic rings. The Morgan fingerprint density at radius 3 is 2.40 bits per heavy atom. The largest absolute Gasteiger partial charge is 0.454 e. The van der Waals surface area contributed by atoms with Crippen molar-refractivity contribution < 1.29 is 27.5 Å². The zero-order valence-electron chi connectivity index (χ0n) is 20.6. The number of fused-ring (bicyclic) bond motifs is 1. The van der Waals surface area contributed by atoms with Crippen LogP contribution in [0.25, 0.3) is 0 Å². The number of benzene rings is 2. The molecule has 9 nitrogen and oxygen atoms in total. The maximum Gasteiger partial charge on any atom is 0.244 e. The van der Waals surface area contributed by atoms with Gasteiger partial charge in [-0.15, -0.1) is 0 Å². The molecule has 190 valence electrons. The zero-order chi connectivity index (χ0) is 25.6. The third-order valence-electron chi connectivity index (χ3n) is 5.98. The number of hydrogen-bond donors (Lipinski definition) is 1. The first-order chi connectivity index (χ1) is 16.6. The Labute approximate surface area is 207 Å². The highest BCUT2D eigenvalue weighted by Gasteiger charge is 2.30. The molecular formula is C25H33N3O6S. The molecule has 0 saturated heterocycles. The van der Waals surface area contributed by atoms with Gasteiger partial charge in [0.2, 0.25) is 28.6 Å². The summed E-state index contributed by atoms with van der Waals surface area (Å²) in [6.07, 6.45) is 2.32. The van der Waals surface area contributed by atoms with E-state index in [0.29, 0.717) is 17.9 Å². The molecule has 1 aliphatic heterocycles. The fourth-order valence-electron chi connectivity index (χ4n) is 3.69. The molecule has 0 saturated carbocycles. The third kappa shape index (κ3) is 6.88. The number of ether oxygens (including phenoxy) is 2. The molecule has 10 heteroatoms. The van der Waals surface area contributed by atoms with E-state index in [2.05, 4.69) is 5.32 Å². The Bertz CT molecular complexity index is 1140. The molecule has 35 heavy (non-hydrogen) atoms. The zero-order valence-corrected chi connectivity index (χ0v) is 21.4. The van der Waals surface area contributed by atoms with Crippen molar-refractivity contribution in [3.05, 3.63) is 54.1 Å². The Balaban J connectivity index is 1.85. The van der Waals surface area contributed by atoms with E-state index in [0.717, 1.165) is 22.5 Å². The number of nitrogens with one attached hydrogen (secondary N) is 1. The van der Waals surface area contributed by atoms with Gasteiger partial charge in [-0.2, -0.15) is 0 Å². The van der Waals surface area contributed by atoms with Gasteiger partial charge in [-0.25, -0.2) is 8.42 Å². The van der Waals surface area contributed by atoms with Gasteiger partial charge in [0.05, 0.1) is 11.9 Å². The molecule has 3 rings (SSSR count). The Hall–Kier alpha value is -3.27. The molecule has 0 fully saturated rings. The summed E-state index contributed by atoms with van der Waals surface area (Å²) in [5, 5.41) is 2.91. The number of sulfonamides is 1. The molecule has 1 aliphatic rings. The minimum absolute atomic E-state index is 0.0443. The average molecular weight is 504 g/mol. The predicted octanol–water partition coefficient (Wildman–Crippen LogP) is 2.56. The minimum atomic E-state index is -3.81. The molecular weight excluding hydrogens is 470 g/mol. The van der Waals surface area contributed by atoms with E-state index in [-0.39, 0.29) is 31.0 Å². The first-order valence-electron chi connectivity index (χ1n) is 11.6. The van der Waals surface area contributed by atoms with E-state index in [9.17, 15) is 18.0 Å². The van der Waals surface area contributed by atoms with Crippen LogP contribution >= 0.6 is 0 Å². The van der Waals surface area contributed by atoms with Crippen LogP contribution in [-0.4, -0.2) is 63.4 Å². The van der Waals surface area contributed by atoms with Gasteiger partial charge in [-0.1, -0.05) is 37.3 Å². The predicted molar refractivity (Wildman–Crippen MR) is 134 cm³/mol.